The quantitative estimate of drug-likeness (QED) is 0.367. The average molecular weight is 399 g/mol. The van der Waals surface area contributed by atoms with Crippen LogP contribution in [0, 0.1) is 36.0 Å². The zero-order chi connectivity index (χ0) is 21.2. The van der Waals surface area contributed by atoms with Gasteiger partial charge in [-0.1, -0.05) is 58.6 Å². The minimum Gasteiger partial charge on any atom is -0.504 e. The van der Waals surface area contributed by atoms with Gasteiger partial charge in [-0.15, -0.1) is 0 Å². The van der Waals surface area contributed by atoms with Gasteiger partial charge < -0.3 is 10.2 Å². The topological polar surface area (TPSA) is 40.5 Å². The van der Waals surface area contributed by atoms with Crippen molar-refractivity contribution in [2.75, 3.05) is 0 Å². The Morgan fingerprint density at radius 2 is 1.83 bits per heavy atom. The SMILES string of the molecule is Cc1cc(O)c(O)cc1CC=C1CCC[C@@]2(C)C1CC[C@@H]2[C@H](C)CCCC(C)C. The van der Waals surface area contributed by atoms with Gasteiger partial charge in [-0.25, -0.2) is 0 Å². The Morgan fingerprint density at radius 1 is 1.10 bits per heavy atom. The van der Waals surface area contributed by atoms with Gasteiger partial charge in [-0.2, -0.15) is 0 Å². The van der Waals surface area contributed by atoms with E-state index in [-0.39, 0.29) is 11.5 Å². The maximum Gasteiger partial charge on any atom is 0.157 e. The Morgan fingerprint density at radius 3 is 2.55 bits per heavy atom. The van der Waals surface area contributed by atoms with E-state index in [9.17, 15) is 10.2 Å². The first-order valence-corrected chi connectivity index (χ1v) is 11.9. The first-order valence-electron chi connectivity index (χ1n) is 11.9. The number of hydrogen-bond donors (Lipinski definition) is 2. The summed E-state index contributed by atoms with van der Waals surface area (Å²) in [5.74, 6) is 3.23. The van der Waals surface area contributed by atoms with Crippen molar-refractivity contribution in [3.05, 3.63) is 34.9 Å². The molecule has 0 aromatic heterocycles. The molecule has 4 atom stereocenters. The monoisotopic (exact) mass is 398 g/mol. The van der Waals surface area contributed by atoms with Crippen LogP contribution in [0.1, 0.15) is 90.2 Å². The highest BCUT2D eigenvalue weighted by Crippen LogP contribution is 2.59. The molecule has 0 spiro atoms. The summed E-state index contributed by atoms with van der Waals surface area (Å²) in [4.78, 5) is 0. The summed E-state index contributed by atoms with van der Waals surface area (Å²) >= 11 is 0. The molecule has 1 aromatic rings. The van der Waals surface area contributed by atoms with Gasteiger partial charge >= 0.3 is 0 Å². The number of aromatic hydroxyl groups is 2. The fourth-order valence-corrected chi connectivity index (χ4v) is 6.49. The lowest BCUT2D eigenvalue weighted by Crippen LogP contribution is -2.36. The number of aryl methyl sites for hydroxylation is 1. The van der Waals surface area contributed by atoms with Crippen LogP contribution in [-0.2, 0) is 6.42 Å². The van der Waals surface area contributed by atoms with Crippen LogP contribution in [0.3, 0.4) is 0 Å². The van der Waals surface area contributed by atoms with E-state index in [4.69, 9.17) is 0 Å². The maximum absolute atomic E-state index is 9.88. The van der Waals surface area contributed by atoms with Gasteiger partial charge in [0.1, 0.15) is 0 Å². The first-order chi connectivity index (χ1) is 13.7. The van der Waals surface area contributed by atoms with Crippen LogP contribution in [0.4, 0.5) is 0 Å². The molecule has 0 bridgehead atoms. The summed E-state index contributed by atoms with van der Waals surface area (Å²) in [5, 5.41) is 19.6. The minimum atomic E-state index is -0.0192. The molecule has 2 saturated carbocycles. The molecular formula is C27H42O2. The summed E-state index contributed by atoms with van der Waals surface area (Å²) in [6, 6.07) is 3.41. The Labute approximate surface area is 178 Å². The molecule has 0 amide bonds. The van der Waals surface area contributed by atoms with E-state index in [1.54, 1.807) is 17.7 Å². The van der Waals surface area contributed by atoms with Crippen molar-refractivity contribution in [3.8, 4) is 11.5 Å². The second-order valence-corrected chi connectivity index (χ2v) is 10.6. The highest BCUT2D eigenvalue weighted by Gasteiger charge is 2.50. The number of phenolic OH excluding ortho intramolecular Hbond substituents is 2. The summed E-state index contributed by atoms with van der Waals surface area (Å²) < 4.78 is 0. The van der Waals surface area contributed by atoms with Gasteiger partial charge in [-0.05, 0) is 97.8 Å². The molecule has 2 aliphatic rings. The first kappa shape index (κ1) is 22.2. The zero-order valence-electron chi connectivity index (χ0n) is 19.3. The van der Waals surface area contributed by atoms with Crippen LogP contribution in [0.25, 0.3) is 0 Å². The molecule has 0 saturated heterocycles. The van der Waals surface area contributed by atoms with Crippen molar-refractivity contribution in [3.63, 3.8) is 0 Å². The molecule has 0 heterocycles. The van der Waals surface area contributed by atoms with Crippen molar-refractivity contribution in [2.45, 2.75) is 92.4 Å². The summed E-state index contributed by atoms with van der Waals surface area (Å²) in [7, 11) is 0. The predicted molar refractivity (Wildman–Crippen MR) is 122 cm³/mol. The smallest absolute Gasteiger partial charge is 0.157 e. The third-order valence-electron chi connectivity index (χ3n) is 8.18. The molecule has 2 heteroatoms. The third-order valence-corrected chi connectivity index (χ3v) is 8.18. The van der Waals surface area contributed by atoms with E-state index < -0.39 is 0 Å². The van der Waals surface area contributed by atoms with Crippen LogP contribution >= 0.6 is 0 Å². The van der Waals surface area contributed by atoms with Gasteiger partial charge in [0.05, 0.1) is 0 Å². The van der Waals surface area contributed by atoms with Crippen LogP contribution in [0.2, 0.25) is 0 Å². The molecule has 2 fully saturated rings. The molecule has 2 nitrogen and oxygen atoms in total. The lowest BCUT2D eigenvalue weighted by molar-refractivity contribution is 0.0927. The molecule has 1 aromatic carbocycles. The Balaban J connectivity index is 1.71. The standard InChI is InChI=1S/C27H42O2/c1-18(2)8-6-9-19(3)23-13-14-24-21(10-7-15-27(23,24)5)11-12-22-17-26(29)25(28)16-20(22)4/h11,16-19,23-24,28-29H,6-10,12-15H2,1-5H3/t19-,23-,24?,27-/m1/s1. The van der Waals surface area contributed by atoms with Gasteiger partial charge in [0, 0.05) is 0 Å². The van der Waals surface area contributed by atoms with Crippen LogP contribution in [0.15, 0.2) is 23.8 Å². The van der Waals surface area contributed by atoms with Crippen molar-refractivity contribution in [2.24, 2.45) is 29.1 Å². The number of hydrogen-bond acceptors (Lipinski definition) is 2. The van der Waals surface area contributed by atoms with E-state index in [1.807, 2.05) is 6.92 Å². The van der Waals surface area contributed by atoms with E-state index >= 15 is 0 Å². The molecule has 162 valence electrons. The Hall–Kier alpha value is -1.44. The van der Waals surface area contributed by atoms with Crippen molar-refractivity contribution in [1.82, 2.24) is 0 Å². The van der Waals surface area contributed by atoms with Crippen molar-refractivity contribution in [1.29, 1.82) is 0 Å². The van der Waals surface area contributed by atoms with E-state index in [0.717, 1.165) is 41.2 Å². The second-order valence-electron chi connectivity index (χ2n) is 10.6. The van der Waals surface area contributed by atoms with Gasteiger partial charge in [0.25, 0.3) is 0 Å². The molecule has 2 N–H and O–H groups in total. The molecule has 2 aliphatic carbocycles. The molecule has 0 aliphatic heterocycles. The fraction of sp³-hybridized carbons (Fsp3) is 0.704. The largest absolute Gasteiger partial charge is 0.504 e. The summed E-state index contributed by atoms with van der Waals surface area (Å²) in [6.45, 7) is 11.8. The summed E-state index contributed by atoms with van der Waals surface area (Å²) in [5.41, 5.74) is 4.30. The predicted octanol–water partition coefficient (Wildman–Crippen LogP) is 7.55. The van der Waals surface area contributed by atoms with Gasteiger partial charge in [0.2, 0.25) is 0 Å². The number of allylic oxidation sites excluding steroid dienone is 2. The van der Waals surface area contributed by atoms with Crippen LogP contribution in [-0.4, -0.2) is 10.2 Å². The van der Waals surface area contributed by atoms with E-state index in [1.165, 1.54) is 51.4 Å². The molecular weight excluding hydrogens is 356 g/mol. The Bertz CT molecular complexity index is 732. The zero-order valence-corrected chi connectivity index (χ0v) is 19.3. The molecule has 0 radical (unpaired) electrons. The fourth-order valence-electron chi connectivity index (χ4n) is 6.49. The number of phenols is 2. The number of rotatable bonds is 7. The normalized spacial score (nSPS) is 29.4. The molecule has 1 unspecified atom stereocenters. The second kappa shape index (κ2) is 9.14. The van der Waals surface area contributed by atoms with Gasteiger partial charge in [0.15, 0.2) is 11.5 Å². The van der Waals surface area contributed by atoms with Crippen molar-refractivity contribution >= 4 is 0 Å². The van der Waals surface area contributed by atoms with Crippen LogP contribution < -0.4 is 0 Å². The van der Waals surface area contributed by atoms with E-state index in [0.29, 0.717) is 5.41 Å². The van der Waals surface area contributed by atoms with Gasteiger partial charge in [-0.3, -0.25) is 0 Å². The van der Waals surface area contributed by atoms with E-state index in [2.05, 4.69) is 33.8 Å². The third kappa shape index (κ3) is 4.84. The van der Waals surface area contributed by atoms with Crippen molar-refractivity contribution < 1.29 is 10.2 Å². The van der Waals surface area contributed by atoms with Crippen LogP contribution in [0.5, 0.6) is 11.5 Å². The molecule has 3 rings (SSSR count). The molecule has 29 heavy (non-hydrogen) atoms. The number of fused-ring (bicyclic) bond motifs is 1. The maximum atomic E-state index is 9.88. The lowest BCUT2D eigenvalue weighted by atomic mass is 9.60. The summed E-state index contributed by atoms with van der Waals surface area (Å²) in [6.07, 6.45) is 14.1. The average Bonchev–Trinajstić information content (AvgIpc) is 3.01. The highest BCUT2D eigenvalue weighted by atomic mass is 16.3. The Kier molecular flexibility index (Phi) is 7.02. The lowest BCUT2D eigenvalue weighted by Gasteiger charge is -2.44. The number of benzene rings is 1. The highest BCUT2D eigenvalue weighted by molar-refractivity contribution is 5.45. The minimum absolute atomic E-state index is 0.00589.